The molecule has 2 heteroatoms. The van der Waals surface area contributed by atoms with Crippen molar-refractivity contribution in [2.45, 2.75) is 19.9 Å². The third kappa shape index (κ3) is 2.29. The number of rotatable bonds is 3. The van der Waals surface area contributed by atoms with Crippen LogP contribution in [0.3, 0.4) is 0 Å². The molecule has 1 nitrogen and oxygen atoms in total. The Kier molecular flexibility index (Phi) is 4.00. The lowest BCUT2D eigenvalue weighted by Gasteiger charge is -2.14. The van der Waals surface area contributed by atoms with Crippen LogP contribution in [0, 0.1) is 19.3 Å². The molecule has 0 amide bonds. The van der Waals surface area contributed by atoms with Crippen LogP contribution >= 0.6 is 11.6 Å². The van der Waals surface area contributed by atoms with Crippen molar-refractivity contribution >= 4 is 11.6 Å². The zero-order valence-corrected chi connectivity index (χ0v) is 9.23. The molecule has 0 heterocycles. The van der Waals surface area contributed by atoms with E-state index in [-0.39, 0.29) is 6.04 Å². The molecule has 0 aliphatic rings. The van der Waals surface area contributed by atoms with Gasteiger partial charge in [0.15, 0.2) is 0 Å². The Hall–Kier alpha value is -0.970. The van der Waals surface area contributed by atoms with Crippen LogP contribution < -0.4 is 5.32 Å². The number of hydrogen-bond donors (Lipinski definition) is 1. The second-order valence-electron chi connectivity index (χ2n) is 3.14. The van der Waals surface area contributed by atoms with Crippen LogP contribution in [0.2, 0.25) is 5.02 Å². The molecule has 0 fully saturated rings. The summed E-state index contributed by atoms with van der Waals surface area (Å²) in [6.07, 6.45) is 5.44. The van der Waals surface area contributed by atoms with Crippen molar-refractivity contribution in [3.63, 3.8) is 0 Å². The highest BCUT2D eigenvalue weighted by atomic mass is 35.5. The topological polar surface area (TPSA) is 12.0 Å². The smallest absolute Gasteiger partial charge is 0.0957 e. The standard InChI is InChI=1S/C12H14ClN/c1-4-11(14-5-2)10-8-6-7-9(3)12(10)13/h1,6-8,11,14H,5H2,2-3H3. The van der Waals surface area contributed by atoms with E-state index in [0.29, 0.717) is 0 Å². The summed E-state index contributed by atoms with van der Waals surface area (Å²) in [5.74, 6) is 2.69. The first-order valence-electron chi connectivity index (χ1n) is 4.65. The molecule has 0 radical (unpaired) electrons. The van der Waals surface area contributed by atoms with E-state index >= 15 is 0 Å². The van der Waals surface area contributed by atoms with E-state index in [1.54, 1.807) is 0 Å². The maximum absolute atomic E-state index is 6.17. The molecule has 0 saturated carbocycles. The van der Waals surface area contributed by atoms with Crippen LogP contribution in [0.25, 0.3) is 0 Å². The van der Waals surface area contributed by atoms with E-state index in [4.69, 9.17) is 18.0 Å². The highest BCUT2D eigenvalue weighted by molar-refractivity contribution is 6.32. The van der Waals surface area contributed by atoms with Crippen LogP contribution in [-0.4, -0.2) is 6.54 Å². The van der Waals surface area contributed by atoms with Crippen molar-refractivity contribution < 1.29 is 0 Å². The minimum Gasteiger partial charge on any atom is -0.300 e. The van der Waals surface area contributed by atoms with Crippen molar-refractivity contribution in [3.05, 3.63) is 34.3 Å². The molecule has 0 aliphatic heterocycles. The maximum atomic E-state index is 6.17. The van der Waals surface area contributed by atoms with E-state index in [2.05, 4.69) is 11.2 Å². The summed E-state index contributed by atoms with van der Waals surface area (Å²) >= 11 is 6.17. The molecule has 1 unspecified atom stereocenters. The molecular weight excluding hydrogens is 194 g/mol. The van der Waals surface area contributed by atoms with Gasteiger partial charge in [-0.3, -0.25) is 0 Å². The van der Waals surface area contributed by atoms with Crippen molar-refractivity contribution in [1.82, 2.24) is 5.32 Å². The first-order valence-corrected chi connectivity index (χ1v) is 5.03. The van der Waals surface area contributed by atoms with Gasteiger partial charge in [-0.1, -0.05) is 42.6 Å². The lowest BCUT2D eigenvalue weighted by atomic mass is 10.0. The van der Waals surface area contributed by atoms with Gasteiger partial charge in [0.25, 0.3) is 0 Å². The highest BCUT2D eigenvalue weighted by Crippen LogP contribution is 2.25. The lowest BCUT2D eigenvalue weighted by molar-refractivity contribution is 0.665. The van der Waals surface area contributed by atoms with Crippen LogP contribution in [-0.2, 0) is 0 Å². The summed E-state index contributed by atoms with van der Waals surface area (Å²) in [6.45, 7) is 4.83. The largest absolute Gasteiger partial charge is 0.300 e. The van der Waals surface area contributed by atoms with Crippen LogP contribution in [0.1, 0.15) is 24.1 Å². The van der Waals surface area contributed by atoms with E-state index in [1.807, 2.05) is 32.0 Å². The van der Waals surface area contributed by atoms with E-state index < -0.39 is 0 Å². The predicted molar refractivity (Wildman–Crippen MR) is 61.4 cm³/mol. The fourth-order valence-electron chi connectivity index (χ4n) is 1.36. The molecule has 0 bridgehead atoms. The first-order chi connectivity index (χ1) is 6.70. The van der Waals surface area contributed by atoms with Gasteiger partial charge in [0.2, 0.25) is 0 Å². The van der Waals surface area contributed by atoms with Crippen LogP contribution in [0.4, 0.5) is 0 Å². The highest BCUT2D eigenvalue weighted by Gasteiger charge is 2.11. The van der Waals surface area contributed by atoms with E-state index in [1.165, 1.54) is 0 Å². The van der Waals surface area contributed by atoms with Gasteiger partial charge in [0.1, 0.15) is 0 Å². The van der Waals surface area contributed by atoms with Crippen LogP contribution in [0.5, 0.6) is 0 Å². The molecule has 1 rings (SSSR count). The summed E-state index contributed by atoms with van der Waals surface area (Å²) in [7, 11) is 0. The van der Waals surface area contributed by atoms with Gasteiger partial charge in [-0.05, 0) is 19.0 Å². The van der Waals surface area contributed by atoms with Gasteiger partial charge in [-0.2, -0.15) is 0 Å². The van der Waals surface area contributed by atoms with Crippen molar-refractivity contribution in [3.8, 4) is 12.3 Å². The Bertz CT molecular complexity index is 352. The van der Waals surface area contributed by atoms with E-state index in [9.17, 15) is 0 Å². The fourth-order valence-corrected chi connectivity index (χ4v) is 1.59. The molecule has 1 aromatic rings. The van der Waals surface area contributed by atoms with Gasteiger partial charge in [-0.25, -0.2) is 0 Å². The molecule has 0 saturated heterocycles. The predicted octanol–water partition coefficient (Wildman–Crippen LogP) is 2.93. The average molecular weight is 208 g/mol. The third-order valence-electron chi connectivity index (χ3n) is 2.11. The number of nitrogens with one attached hydrogen (secondary N) is 1. The Labute approximate surface area is 90.5 Å². The summed E-state index contributed by atoms with van der Waals surface area (Å²) < 4.78 is 0. The van der Waals surface area contributed by atoms with Gasteiger partial charge in [0.05, 0.1) is 6.04 Å². The second kappa shape index (κ2) is 5.05. The number of aryl methyl sites for hydroxylation is 1. The zero-order valence-electron chi connectivity index (χ0n) is 8.47. The molecule has 1 aromatic carbocycles. The van der Waals surface area contributed by atoms with Crippen molar-refractivity contribution in [2.75, 3.05) is 6.54 Å². The molecule has 0 spiro atoms. The number of terminal acetylenes is 1. The molecule has 74 valence electrons. The third-order valence-corrected chi connectivity index (χ3v) is 2.62. The fraction of sp³-hybridized carbons (Fsp3) is 0.333. The average Bonchev–Trinajstić information content (AvgIpc) is 2.19. The summed E-state index contributed by atoms with van der Waals surface area (Å²) in [6, 6.07) is 5.82. The van der Waals surface area contributed by atoms with Gasteiger partial charge >= 0.3 is 0 Å². The minimum atomic E-state index is -0.0904. The number of benzene rings is 1. The molecule has 0 aromatic heterocycles. The monoisotopic (exact) mass is 207 g/mol. The molecule has 14 heavy (non-hydrogen) atoms. The van der Waals surface area contributed by atoms with Gasteiger partial charge < -0.3 is 5.32 Å². The van der Waals surface area contributed by atoms with Gasteiger partial charge in [0, 0.05) is 10.6 Å². The van der Waals surface area contributed by atoms with Crippen molar-refractivity contribution in [2.24, 2.45) is 0 Å². The summed E-state index contributed by atoms with van der Waals surface area (Å²) in [4.78, 5) is 0. The first kappa shape index (κ1) is 11.1. The maximum Gasteiger partial charge on any atom is 0.0957 e. The minimum absolute atomic E-state index is 0.0904. The quantitative estimate of drug-likeness (QED) is 0.752. The SMILES string of the molecule is C#CC(NCC)c1cccc(C)c1Cl. The number of hydrogen-bond acceptors (Lipinski definition) is 1. The Balaban J connectivity index is 3.05. The number of halogens is 1. The normalized spacial score (nSPS) is 12.1. The summed E-state index contributed by atoms with van der Waals surface area (Å²) in [5, 5.41) is 3.96. The molecule has 1 N–H and O–H groups in total. The van der Waals surface area contributed by atoms with Crippen LogP contribution in [0.15, 0.2) is 18.2 Å². The van der Waals surface area contributed by atoms with Gasteiger partial charge in [-0.15, -0.1) is 6.42 Å². The zero-order chi connectivity index (χ0) is 10.6. The Morgan fingerprint density at radius 3 is 2.86 bits per heavy atom. The lowest BCUT2D eigenvalue weighted by Crippen LogP contribution is -2.19. The molecular formula is C12H14ClN. The summed E-state index contributed by atoms with van der Waals surface area (Å²) in [5.41, 5.74) is 2.04. The van der Waals surface area contributed by atoms with E-state index in [0.717, 1.165) is 22.7 Å². The second-order valence-corrected chi connectivity index (χ2v) is 3.51. The molecule has 1 atom stereocenters. The van der Waals surface area contributed by atoms with Crippen molar-refractivity contribution in [1.29, 1.82) is 0 Å². The Morgan fingerprint density at radius 1 is 1.57 bits per heavy atom. The Morgan fingerprint density at radius 2 is 2.29 bits per heavy atom. The molecule has 0 aliphatic carbocycles.